The molecule has 1 aromatic carbocycles. The molecular weight excluding hydrogens is 222 g/mol. The van der Waals surface area contributed by atoms with Gasteiger partial charge in [0.1, 0.15) is 0 Å². The SMILES string of the molecule is c1cc(CNCCN2CCCC2)c2[nH]ccc2c1. The van der Waals surface area contributed by atoms with Crippen LogP contribution in [0.5, 0.6) is 0 Å². The third-order valence-corrected chi connectivity index (χ3v) is 3.79. The van der Waals surface area contributed by atoms with E-state index in [0.29, 0.717) is 0 Å². The molecule has 0 unspecified atom stereocenters. The fourth-order valence-corrected chi connectivity index (χ4v) is 2.76. The van der Waals surface area contributed by atoms with Crippen LogP contribution in [0.25, 0.3) is 10.9 Å². The van der Waals surface area contributed by atoms with Gasteiger partial charge in [0.25, 0.3) is 0 Å². The Labute approximate surface area is 108 Å². The smallest absolute Gasteiger partial charge is 0.0499 e. The van der Waals surface area contributed by atoms with Crippen molar-refractivity contribution in [1.82, 2.24) is 15.2 Å². The molecule has 0 aliphatic carbocycles. The van der Waals surface area contributed by atoms with Crippen molar-refractivity contribution in [3.8, 4) is 0 Å². The average molecular weight is 243 g/mol. The third kappa shape index (κ3) is 2.57. The number of H-pyrrole nitrogens is 1. The van der Waals surface area contributed by atoms with Crippen molar-refractivity contribution in [2.24, 2.45) is 0 Å². The predicted molar refractivity (Wildman–Crippen MR) is 75.7 cm³/mol. The number of hydrogen-bond acceptors (Lipinski definition) is 2. The summed E-state index contributed by atoms with van der Waals surface area (Å²) in [5.41, 5.74) is 2.63. The fourth-order valence-electron chi connectivity index (χ4n) is 2.76. The van der Waals surface area contributed by atoms with Crippen LogP contribution in [-0.4, -0.2) is 36.1 Å². The number of nitrogens with zero attached hydrogens (tertiary/aromatic N) is 1. The maximum Gasteiger partial charge on any atom is 0.0499 e. The van der Waals surface area contributed by atoms with Crippen LogP contribution in [0, 0.1) is 0 Å². The molecular formula is C15H21N3. The molecule has 1 fully saturated rings. The van der Waals surface area contributed by atoms with Crippen LogP contribution in [0.1, 0.15) is 18.4 Å². The van der Waals surface area contributed by atoms with Crippen LogP contribution in [0.3, 0.4) is 0 Å². The number of nitrogens with one attached hydrogen (secondary N) is 2. The van der Waals surface area contributed by atoms with Crippen molar-refractivity contribution in [1.29, 1.82) is 0 Å². The van der Waals surface area contributed by atoms with E-state index in [2.05, 4.69) is 39.5 Å². The molecule has 2 N–H and O–H groups in total. The molecule has 0 atom stereocenters. The van der Waals surface area contributed by atoms with Gasteiger partial charge in [0, 0.05) is 31.3 Å². The first-order chi connectivity index (χ1) is 8.93. The highest BCUT2D eigenvalue weighted by Crippen LogP contribution is 2.16. The summed E-state index contributed by atoms with van der Waals surface area (Å²) < 4.78 is 0. The molecule has 0 amide bonds. The zero-order valence-corrected chi connectivity index (χ0v) is 10.8. The molecule has 1 saturated heterocycles. The van der Waals surface area contributed by atoms with E-state index in [9.17, 15) is 0 Å². The van der Waals surface area contributed by atoms with Crippen molar-refractivity contribution in [2.75, 3.05) is 26.2 Å². The quantitative estimate of drug-likeness (QED) is 0.790. The predicted octanol–water partition coefficient (Wildman–Crippen LogP) is 2.35. The van der Waals surface area contributed by atoms with E-state index in [1.807, 2.05) is 6.20 Å². The Morgan fingerprint density at radius 2 is 2.06 bits per heavy atom. The molecule has 1 aliphatic heterocycles. The zero-order valence-electron chi connectivity index (χ0n) is 10.8. The van der Waals surface area contributed by atoms with Crippen molar-refractivity contribution in [2.45, 2.75) is 19.4 Å². The number of hydrogen-bond donors (Lipinski definition) is 2. The Bertz CT molecular complexity index is 497. The van der Waals surface area contributed by atoms with Crippen molar-refractivity contribution in [3.63, 3.8) is 0 Å². The summed E-state index contributed by atoms with van der Waals surface area (Å²) >= 11 is 0. The highest BCUT2D eigenvalue weighted by molar-refractivity contribution is 5.82. The van der Waals surface area contributed by atoms with Gasteiger partial charge < -0.3 is 15.2 Å². The van der Waals surface area contributed by atoms with E-state index in [1.54, 1.807) is 0 Å². The third-order valence-electron chi connectivity index (χ3n) is 3.79. The molecule has 0 spiro atoms. The molecule has 0 radical (unpaired) electrons. The minimum Gasteiger partial charge on any atom is -0.361 e. The molecule has 0 bridgehead atoms. The second-order valence-electron chi connectivity index (χ2n) is 5.08. The Hall–Kier alpha value is -1.32. The van der Waals surface area contributed by atoms with Crippen LogP contribution in [0.4, 0.5) is 0 Å². The molecule has 18 heavy (non-hydrogen) atoms. The maximum atomic E-state index is 3.55. The molecule has 1 aromatic heterocycles. The van der Waals surface area contributed by atoms with Gasteiger partial charge in [-0.15, -0.1) is 0 Å². The number of aromatic nitrogens is 1. The minimum atomic E-state index is 0.950. The van der Waals surface area contributed by atoms with Gasteiger partial charge in [-0.2, -0.15) is 0 Å². The summed E-state index contributed by atoms with van der Waals surface area (Å²) in [5, 5.41) is 4.85. The summed E-state index contributed by atoms with van der Waals surface area (Å²) in [6.45, 7) is 5.78. The number of aromatic amines is 1. The van der Waals surface area contributed by atoms with Gasteiger partial charge in [-0.25, -0.2) is 0 Å². The summed E-state index contributed by atoms with van der Waals surface area (Å²) in [6, 6.07) is 8.61. The van der Waals surface area contributed by atoms with Crippen LogP contribution in [0.15, 0.2) is 30.5 Å². The highest BCUT2D eigenvalue weighted by atomic mass is 15.1. The van der Waals surface area contributed by atoms with E-state index in [4.69, 9.17) is 0 Å². The Morgan fingerprint density at radius 1 is 1.17 bits per heavy atom. The van der Waals surface area contributed by atoms with Crippen molar-refractivity contribution < 1.29 is 0 Å². The lowest BCUT2D eigenvalue weighted by molar-refractivity contribution is 0.336. The molecule has 96 valence electrons. The van der Waals surface area contributed by atoms with Gasteiger partial charge in [-0.3, -0.25) is 0 Å². The number of benzene rings is 1. The first kappa shape index (κ1) is 11.8. The maximum absolute atomic E-state index is 3.55. The van der Waals surface area contributed by atoms with Gasteiger partial charge in [0.05, 0.1) is 0 Å². The van der Waals surface area contributed by atoms with Gasteiger partial charge in [0.2, 0.25) is 0 Å². The summed E-state index contributed by atoms with van der Waals surface area (Å²) in [4.78, 5) is 5.86. The molecule has 3 rings (SSSR count). The average Bonchev–Trinajstić information content (AvgIpc) is 3.05. The van der Waals surface area contributed by atoms with Crippen LogP contribution < -0.4 is 5.32 Å². The summed E-state index contributed by atoms with van der Waals surface area (Å²) in [6.07, 6.45) is 4.77. The first-order valence-electron chi connectivity index (χ1n) is 6.91. The van der Waals surface area contributed by atoms with Crippen molar-refractivity contribution in [3.05, 3.63) is 36.0 Å². The standard InChI is InChI=1S/C15H21N3/c1-2-10-18(9-1)11-8-16-12-14-5-3-4-13-6-7-17-15(13)14/h3-7,16-17H,1-2,8-12H2. The second kappa shape index (κ2) is 5.55. The molecule has 3 nitrogen and oxygen atoms in total. The molecule has 1 aliphatic rings. The van der Waals surface area contributed by atoms with Gasteiger partial charge in [0.15, 0.2) is 0 Å². The van der Waals surface area contributed by atoms with Gasteiger partial charge in [-0.1, -0.05) is 18.2 Å². The minimum absolute atomic E-state index is 0.950. The van der Waals surface area contributed by atoms with Crippen LogP contribution in [-0.2, 0) is 6.54 Å². The topological polar surface area (TPSA) is 31.1 Å². The lowest BCUT2D eigenvalue weighted by atomic mass is 10.1. The zero-order chi connectivity index (χ0) is 12.2. The van der Waals surface area contributed by atoms with Gasteiger partial charge >= 0.3 is 0 Å². The lowest BCUT2D eigenvalue weighted by Gasteiger charge is -2.14. The Morgan fingerprint density at radius 3 is 2.94 bits per heavy atom. The van der Waals surface area contributed by atoms with Gasteiger partial charge in [-0.05, 0) is 42.9 Å². The molecule has 2 aromatic rings. The number of fused-ring (bicyclic) bond motifs is 1. The second-order valence-corrected chi connectivity index (χ2v) is 5.08. The fraction of sp³-hybridized carbons (Fsp3) is 0.467. The lowest BCUT2D eigenvalue weighted by Crippen LogP contribution is -2.29. The van der Waals surface area contributed by atoms with Crippen LogP contribution >= 0.6 is 0 Å². The molecule has 2 heterocycles. The van der Waals surface area contributed by atoms with E-state index < -0.39 is 0 Å². The highest BCUT2D eigenvalue weighted by Gasteiger charge is 2.10. The molecule has 3 heteroatoms. The monoisotopic (exact) mass is 243 g/mol. The normalized spacial score (nSPS) is 16.7. The summed E-state index contributed by atoms with van der Waals surface area (Å²) in [5.74, 6) is 0. The van der Waals surface area contributed by atoms with E-state index in [0.717, 1.165) is 13.1 Å². The van der Waals surface area contributed by atoms with E-state index in [-0.39, 0.29) is 0 Å². The molecule has 0 saturated carbocycles. The van der Waals surface area contributed by atoms with E-state index >= 15 is 0 Å². The largest absolute Gasteiger partial charge is 0.361 e. The Balaban J connectivity index is 1.51. The van der Waals surface area contributed by atoms with Crippen LogP contribution in [0.2, 0.25) is 0 Å². The van der Waals surface area contributed by atoms with Crippen molar-refractivity contribution >= 4 is 10.9 Å². The Kier molecular flexibility index (Phi) is 3.62. The summed E-state index contributed by atoms with van der Waals surface area (Å²) in [7, 11) is 0. The number of rotatable bonds is 5. The number of likely N-dealkylation sites (tertiary alicyclic amines) is 1. The van der Waals surface area contributed by atoms with E-state index in [1.165, 1.54) is 48.9 Å². The number of para-hydroxylation sites is 1. The first-order valence-corrected chi connectivity index (χ1v) is 6.91.